The average molecular weight is 304 g/mol. The first-order chi connectivity index (χ1) is 10.2. The van der Waals surface area contributed by atoms with E-state index in [9.17, 15) is 0 Å². The summed E-state index contributed by atoms with van der Waals surface area (Å²) in [5, 5.41) is 4.13. The lowest BCUT2D eigenvalue weighted by atomic mass is 10.1. The summed E-state index contributed by atoms with van der Waals surface area (Å²) in [6.45, 7) is 6.52. The minimum atomic E-state index is 0.563. The molecule has 2 nitrogen and oxygen atoms in total. The van der Waals surface area contributed by atoms with E-state index in [1.807, 2.05) is 30.3 Å². The number of benzene rings is 2. The van der Waals surface area contributed by atoms with Crippen LogP contribution in [-0.2, 0) is 13.2 Å². The highest BCUT2D eigenvalue weighted by molar-refractivity contribution is 6.31. The van der Waals surface area contributed by atoms with Gasteiger partial charge in [0.05, 0.1) is 0 Å². The van der Waals surface area contributed by atoms with E-state index >= 15 is 0 Å². The monoisotopic (exact) mass is 303 g/mol. The molecule has 2 aromatic rings. The molecule has 2 rings (SSSR count). The van der Waals surface area contributed by atoms with Crippen LogP contribution in [0.4, 0.5) is 0 Å². The summed E-state index contributed by atoms with van der Waals surface area (Å²) in [7, 11) is 0. The number of ether oxygens (including phenoxy) is 1. The molecule has 112 valence electrons. The Kier molecular flexibility index (Phi) is 6.09. The fraction of sp³-hybridized carbons (Fsp3) is 0.333. The fourth-order valence-corrected chi connectivity index (χ4v) is 2.40. The molecule has 0 fully saturated rings. The van der Waals surface area contributed by atoms with Gasteiger partial charge < -0.3 is 10.1 Å². The van der Waals surface area contributed by atoms with Crippen LogP contribution in [0.5, 0.6) is 5.75 Å². The molecule has 21 heavy (non-hydrogen) atoms. The lowest BCUT2D eigenvalue weighted by Gasteiger charge is -2.14. The molecule has 0 amide bonds. The van der Waals surface area contributed by atoms with Crippen molar-refractivity contribution in [1.29, 1.82) is 0 Å². The Morgan fingerprint density at radius 2 is 1.90 bits per heavy atom. The highest BCUT2D eigenvalue weighted by Gasteiger charge is 2.08. The van der Waals surface area contributed by atoms with Crippen LogP contribution in [0.3, 0.4) is 0 Å². The topological polar surface area (TPSA) is 21.3 Å². The Balaban J connectivity index is 2.09. The van der Waals surface area contributed by atoms with Gasteiger partial charge in [0.25, 0.3) is 0 Å². The maximum atomic E-state index is 6.30. The van der Waals surface area contributed by atoms with Crippen LogP contribution >= 0.6 is 11.6 Å². The van der Waals surface area contributed by atoms with E-state index in [0.717, 1.165) is 35.8 Å². The number of aryl methyl sites for hydroxylation is 1. The SMILES string of the molecule is CCCNCc1c(Cl)cccc1OCc1ccccc1C. The van der Waals surface area contributed by atoms with E-state index in [1.54, 1.807) is 0 Å². The predicted molar refractivity (Wildman–Crippen MR) is 89.0 cm³/mol. The molecule has 2 aromatic carbocycles. The van der Waals surface area contributed by atoms with Gasteiger partial charge in [0.1, 0.15) is 12.4 Å². The smallest absolute Gasteiger partial charge is 0.125 e. The summed E-state index contributed by atoms with van der Waals surface area (Å²) in [5.74, 6) is 0.856. The van der Waals surface area contributed by atoms with Crippen LogP contribution in [0.1, 0.15) is 30.0 Å². The quantitative estimate of drug-likeness (QED) is 0.747. The molecule has 0 spiro atoms. The molecule has 0 heterocycles. The summed E-state index contributed by atoms with van der Waals surface area (Å²) in [5.41, 5.74) is 3.47. The normalized spacial score (nSPS) is 10.6. The van der Waals surface area contributed by atoms with Crippen LogP contribution in [0, 0.1) is 6.92 Å². The van der Waals surface area contributed by atoms with Crippen molar-refractivity contribution >= 4 is 11.6 Å². The molecule has 0 atom stereocenters. The third-order valence-electron chi connectivity index (χ3n) is 3.45. The number of hydrogen-bond donors (Lipinski definition) is 1. The van der Waals surface area contributed by atoms with Crippen LogP contribution < -0.4 is 10.1 Å². The number of halogens is 1. The molecule has 0 aliphatic heterocycles. The zero-order chi connectivity index (χ0) is 15.1. The van der Waals surface area contributed by atoms with E-state index < -0.39 is 0 Å². The van der Waals surface area contributed by atoms with Crippen molar-refractivity contribution in [1.82, 2.24) is 5.32 Å². The first-order valence-corrected chi connectivity index (χ1v) is 7.75. The maximum absolute atomic E-state index is 6.30. The molecule has 3 heteroatoms. The minimum absolute atomic E-state index is 0.563. The Morgan fingerprint density at radius 3 is 2.67 bits per heavy atom. The van der Waals surface area contributed by atoms with Crippen molar-refractivity contribution in [3.8, 4) is 5.75 Å². The lowest BCUT2D eigenvalue weighted by Crippen LogP contribution is -2.15. The fourth-order valence-electron chi connectivity index (χ4n) is 2.16. The van der Waals surface area contributed by atoms with Crippen molar-refractivity contribution in [2.45, 2.75) is 33.4 Å². The zero-order valence-corrected chi connectivity index (χ0v) is 13.4. The van der Waals surface area contributed by atoms with Crippen molar-refractivity contribution < 1.29 is 4.74 Å². The minimum Gasteiger partial charge on any atom is -0.489 e. The average Bonchev–Trinajstić information content (AvgIpc) is 2.49. The van der Waals surface area contributed by atoms with Gasteiger partial charge in [0, 0.05) is 17.1 Å². The number of rotatable bonds is 7. The Morgan fingerprint density at radius 1 is 1.10 bits per heavy atom. The Hall–Kier alpha value is -1.51. The van der Waals surface area contributed by atoms with Crippen molar-refractivity contribution in [2.75, 3.05) is 6.54 Å². The van der Waals surface area contributed by atoms with Gasteiger partial charge in [-0.15, -0.1) is 0 Å². The lowest BCUT2D eigenvalue weighted by molar-refractivity contribution is 0.301. The standard InChI is InChI=1S/C18H22ClNO/c1-3-11-20-12-16-17(19)9-6-10-18(16)21-13-15-8-5-4-7-14(15)2/h4-10,20H,3,11-13H2,1-2H3. The highest BCUT2D eigenvalue weighted by atomic mass is 35.5. The molecular weight excluding hydrogens is 282 g/mol. The predicted octanol–water partition coefficient (Wildman–Crippen LogP) is 4.73. The van der Waals surface area contributed by atoms with Gasteiger partial charge in [0.15, 0.2) is 0 Å². The highest BCUT2D eigenvalue weighted by Crippen LogP contribution is 2.27. The summed E-state index contributed by atoms with van der Waals surface area (Å²) in [4.78, 5) is 0. The first kappa shape index (κ1) is 15.9. The Labute approximate surface area is 132 Å². The van der Waals surface area contributed by atoms with Crippen molar-refractivity contribution in [3.05, 3.63) is 64.2 Å². The molecule has 0 unspecified atom stereocenters. The zero-order valence-electron chi connectivity index (χ0n) is 12.7. The van der Waals surface area contributed by atoms with Crippen LogP contribution in [0.25, 0.3) is 0 Å². The molecule has 0 aliphatic rings. The molecule has 0 saturated heterocycles. The molecular formula is C18H22ClNO. The molecule has 0 radical (unpaired) electrons. The van der Waals surface area contributed by atoms with E-state index in [-0.39, 0.29) is 0 Å². The van der Waals surface area contributed by atoms with E-state index in [4.69, 9.17) is 16.3 Å². The van der Waals surface area contributed by atoms with Crippen LogP contribution in [0.2, 0.25) is 5.02 Å². The second kappa shape index (κ2) is 8.06. The van der Waals surface area contributed by atoms with Crippen molar-refractivity contribution in [3.63, 3.8) is 0 Å². The van der Waals surface area contributed by atoms with Crippen molar-refractivity contribution in [2.24, 2.45) is 0 Å². The number of hydrogen-bond acceptors (Lipinski definition) is 2. The second-order valence-corrected chi connectivity index (χ2v) is 5.52. The van der Waals surface area contributed by atoms with Gasteiger partial charge in [-0.1, -0.05) is 48.9 Å². The number of nitrogens with one attached hydrogen (secondary N) is 1. The van der Waals surface area contributed by atoms with Gasteiger partial charge in [-0.3, -0.25) is 0 Å². The molecule has 0 aromatic heterocycles. The third-order valence-corrected chi connectivity index (χ3v) is 3.80. The summed E-state index contributed by atoms with van der Waals surface area (Å²) in [6.07, 6.45) is 1.10. The van der Waals surface area contributed by atoms with E-state index in [1.165, 1.54) is 11.1 Å². The van der Waals surface area contributed by atoms with Gasteiger partial charge in [-0.25, -0.2) is 0 Å². The van der Waals surface area contributed by atoms with Gasteiger partial charge in [-0.05, 0) is 43.1 Å². The molecule has 0 bridgehead atoms. The van der Waals surface area contributed by atoms with E-state index in [2.05, 4.69) is 31.3 Å². The van der Waals surface area contributed by atoms with Gasteiger partial charge in [0.2, 0.25) is 0 Å². The van der Waals surface area contributed by atoms with E-state index in [0.29, 0.717) is 6.61 Å². The van der Waals surface area contributed by atoms with Gasteiger partial charge >= 0.3 is 0 Å². The third kappa shape index (κ3) is 4.48. The first-order valence-electron chi connectivity index (χ1n) is 7.37. The summed E-state index contributed by atoms with van der Waals surface area (Å²) < 4.78 is 5.99. The molecule has 0 aliphatic carbocycles. The Bertz CT molecular complexity index is 583. The molecule has 1 N–H and O–H groups in total. The second-order valence-electron chi connectivity index (χ2n) is 5.11. The van der Waals surface area contributed by atoms with Crippen LogP contribution in [0.15, 0.2) is 42.5 Å². The summed E-state index contributed by atoms with van der Waals surface area (Å²) >= 11 is 6.30. The molecule has 0 saturated carbocycles. The van der Waals surface area contributed by atoms with Gasteiger partial charge in [-0.2, -0.15) is 0 Å². The largest absolute Gasteiger partial charge is 0.489 e. The summed E-state index contributed by atoms with van der Waals surface area (Å²) in [6, 6.07) is 14.1. The maximum Gasteiger partial charge on any atom is 0.125 e. The van der Waals surface area contributed by atoms with Crippen LogP contribution in [-0.4, -0.2) is 6.54 Å².